The first-order chi connectivity index (χ1) is 5.85. The number of thioether (sulfide) groups is 1. The van der Waals surface area contributed by atoms with Gasteiger partial charge in [-0.2, -0.15) is 5.26 Å². The molecule has 0 aromatic heterocycles. The summed E-state index contributed by atoms with van der Waals surface area (Å²) in [5.41, 5.74) is 0. The highest BCUT2D eigenvalue weighted by Gasteiger charge is 1.89. The molecule has 0 heterocycles. The Hall–Kier alpha value is -0.680. The molecule has 2 heteroatoms. The van der Waals surface area contributed by atoms with E-state index in [1.165, 1.54) is 0 Å². The van der Waals surface area contributed by atoms with E-state index in [1.54, 1.807) is 11.8 Å². The monoisotopic (exact) mass is 183 g/mol. The summed E-state index contributed by atoms with van der Waals surface area (Å²) in [6, 6.07) is 2.09. The van der Waals surface area contributed by atoms with Crippen molar-refractivity contribution in [1.29, 1.82) is 5.26 Å². The summed E-state index contributed by atoms with van der Waals surface area (Å²) < 4.78 is 0. The number of allylic oxidation sites excluding steroid dienone is 2. The average Bonchev–Trinajstić information content (AvgIpc) is 2.16. The molecule has 0 rings (SSSR count). The Kier molecular flexibility index (Phi) is 15.0. The summed E-state index contributed by atoms with van der Waals surface area (Å²) in [4.78, 5) is 1.15. The van der Waals surface area contributed by atoms with Crippen LogP contribution in [-0.2, 0) is 0 Å². The Morgan fingerprint density at radius 3 is 2.50 bits per heavy atom. The minimum Gasteiger partial charge on any atom is -0.198 e. The van der Waals surface area contributed by atoms with E-state index in [4.69, 9.17) is 5.26 Å². The third kappa shape index (κ3) is 9.32. The zero-order valence-electron chi connectivity index (χ0n) is 8.13. The Balaban J connectivity index is 0. The molecule has 0 saturated carbocycles. The normalized spacial score (nSPS) is 9.33. The molecule has 12 heavy (non-hydrogen) atoms. The lowest BCUT2D eigenvalue weighted by Crippen LogP contribution is -1.75. The minimum atomic E-state index is 0.607. The van der Waals surface area contributed by atoms with Crippen LogP contribution in [0.5, 0.6) is 0 Å². The van der Waals surface area contributed by atoms with E-state index in [1.807, 2.05) is 32.9 Å². The van der Waals surface area contributed by atoms with Crippen molar-refractivity contribution >= 4 is 11.8 Å². The summed E-state index contributed by atoms with van der Waals surface area (Å²) in [6.45, 7) is 9.61. The highest BCUT2D eigenvalue weighted by atomic mass is 32.2. The van der Waals surface area contributed by atoms with Gasteiger partial charge in [-0.25, -0.2) is 0 Å². The fourth-order valence-electron chi connectivity index (χ4n) is 0.475. The Labute approximate surface area is 80.2 Å². The van der Waals surface area contributed by atoms with Gasteiger partial charge in [0.1, 0.15) is 0 Å². The molecule has 0 aromatic carbocycles. The molecule has 68 valence electrons. The zero-order valence-corrected chi connectivity index (χ0v) is 8.95. The predicted octanol–water partition coefficient (Wildman–Crippen LogP) is 3.75. The summed E-state index contributed by atoms with van der Waals surface area (Å²) >= 11 is 1.67. The van der Waals surface area contributed by atoms with Crippen LogP contribution in [0.3, 0.4) is 0 Å². The number of hydrogen-bond donors (Lipinski definition) is 0. The maximum atomic E-state index is 8.22. The first-order valence-electron chi connectivity index (χ1n) is 4.13. The van der Waals surface area contributed by atoms with E-state index >= 15 is 0 Å². The minimum absolute atomic E-state index is 0.607. The highest BCUT2D eigenvalue weighted by molar-refractivity contribution is 8.03. The lowest BCUT2D eigenvalue weighted by atomic mass is 10.5. The van der Waals surface area contributed by atoms with Gasteiger partial charge in [0.25, 0.3) is 0 Å². The van der Waals surface area contributed by atoms with Gasteiger partial charge >= 0.3 is 0 Å². The molecule has 0 aliphatic heterocycles. The van der Waals surface area contributed by atoms with Crippen LogP contribution < -0.4 is 0 Å². The summed E-state index contributed by atoms with van der Waals surface area (Å²) in [7, 11) is 0. The maximum absolute atomic E-state index is 8.22. The molecule has 0 amide bonds. The first-order valence-corrected chi connectivity index (χ1v) is 5.12. The van der Waals surface area contributed by atoms with Crippen molar-refractivity contribution in [2.45, 2.75) is 27.2 Å². The van der Waals surface area contributed by atoms with E-state index in [9.17, 15) is 0 Å². The van der Waals surface area contributed by atoms with Gasteiger partial charge in [-0.15, -0.1) is 11.8 Å². The van der Waals surface area contributed by atoms with Crippen molar-refractivity contribution in [3.8, 4) is 6.07 Å². The highest BCUT2D eigenvalue weighted by Crippen LogP contribution is 2.16. The second-order valence-corrected chi connectivity index (χ2v) is 2.82. The van der Waals surface area contributed by atoms with Gasteiger partial charge in [0.2, 0.25) is 0 Å². The second-order valence-electron chi connectivity index (χ2n) is 1.65. The molecule has 0 bridgehead atoms. The van der Waals surface area contributed by atoms with E-state index < -0.39 is 0 Å². The molecular formula is C10H17NS. The fourth-order valence-corrected chi connectivity index (χ4v) is 1.19. The second kappa shape index (κ2) is 12.9. The van der Waals surface area contributed by atoms with Crippen LogP contribution in [0, 0.1) is 11.3 Å². The van der Waals surface area contributed by atoms with Crippen molar-refractivity contribution in [1.82, 2.24) is 0 Å². The molecule has 0 unspecified atom stereocenters. The van der Waals surface area contributed by atoms with Gasteiger partial charge in [-0.05, 0) is 6.92 Å². The quantitative estimate of drug-likeness (QED) is 0.489. The molecular weight excluding hydrogens is 166 g/mol. The third-order valence-electron chi connectivity index (χ3n) is 0.968. The molecule has 0 fully saturated rings. The molecule has 0 aliphatic carbocycles. The van der Waals surface area contributed by atoms with E-state index in [-0.39, 0.29) is 0 Å². The molecule has 0 saturated heterocycles. The van der Waals surface area contributed by atoms with Crippen molar-refractivity contribution in [2.75, 3.05) is 5.75 Å². The van der Waals surface area contributed by atoms with Crippen LogP contribution in [0.4, 0.5) is 0 Å². The van der Waals surface area contributed by atoms with Crippen molar-refractivity contribution < 1.29 is 0 Å². The van der Waals surface area contributed by atoms with Crippen LogP contribution in [0.2, 0.25) is 0 Å². The largest absolute Gasteiger partial charge is 0.198 e. The van der Waals surface area contributed by atoms with Crippen LogP contribution in [0.15, 0.2) is 23.6 Å². The Morgan fingerprint density at radius 2 is 2.17 bits per heavy atom. The lowest BCUT2D eigenvalue weighted by Gasteiger charge is -1.95. The number of nitrogens with zero attached hydrogens (tertiary/aromatic N) is 1. The first kappa shape index (κ1) is 13.9. The molecule has 0 spiro atoms. The van der Waals surface area contributed by atoms with Crippen LogP contribution in [0.25, 0.3) is 0 Å². The smallest absolute Gasteiger partial charge is 0.0630 e. The van der Waals surface area contributed by atoms with Gasteiger partial charge in [-0.3, -0.25) is 0 Å². The van der Waals surface area contributed by atoms with Crippen molar-refractivity contribution in [2.24, 2.45) is 0 Å². The number of rotatable bonds is 4. The molecule has 0 radical (unpaired) electrons. The van der Waals surface area contributed by atoms with Crippen molar-refractivity contribution in [3.05, 3.63) is 23.6 Å². The fraction of sp³-hybridized carbons (Fsp3) is 0.500. The Morgan fingerprint density at radius 1 is 1.58 bits per heavy atom. The van der Waals surface area contributed by atoms with E-state index in [0.717, 1.165) is 10.7 Å². The number of hydrogen-bond acceptors (Lipinski definition) is 2. The summed E-state index contributed by atoms with van der Waals surface area (Å²) in [5.74, 6) is 0.863. The third-order valence-corrected chi connectivity index (χ3v) is 2.11. The van der Waals surface area contributed by atoms with Gasteiger partial charge in [0.15, 0.2) is 0 Å². The standard InChI is InChI=1S/C8H11NS.C2H6/c1-3-8(4-2)10-7-5-6-9;1-2/h3-4H,1,5,7H2,2H3;1-2H3/b8-4+;. The van der Waals surface area contributed by atoms with Gasteiger partial charge in [-0.1, -0.05) is 32.6 Å². The van der Waals surface area contributed by atoms with Gasteiger partial charge in [0.05, 0.1) is 6.07 Å². The van der Waals surface area contributed by atoms with E-state index in [0.29, 0.717) is 6.42 Å². The van der Waals surface area contributed by atoms with Gasteiger partial charge < -0.3 is 0 Å². The summed E-state index contributed by atoms with van der Waals surface area (Å²) in [6.07, 6.45) is 4.41. The number of nitriles is 1. The van der Waals surface area contributed by atoms with Crippen molar-refractivity contribution in [3.63, 3.8) is 0 Å². The summed E-state index contributed by atoms with van der Waals surface area (Å²) in [5, 5.41) is 8.22. The SMILES string of the molecule is C=C/C(=C\C)SCCC#N.CC. The van der Waals surface area contributed by atoms with Gasteiger partial charge in [0, 0.05) is 17.1 Å². The molecule has 0 atom stereocenters. The average molecular weight is 183 g/mol. The predicted molar refractivity (Wildman–Crippen MR) is 58.0 cm³/mol. The Bertz CT molecular complexity index is 165. The zero-order chi connectivity index (χ0) is 9.82. The van der Waals surface area contributed by atoms with Crippen LogP contribution >= 0.6 is 11.8 Å². The topological polar surface area (TPSA) is 23.8 Å². The van der Waals surface area contributed by atoms with Crippen LogP contribution in [-0.4, -0.2) is 5.75 Å². The molecule has 0 aromatic rings. The molecule has 0 aliphatic rings. The maximum Gasteiger partial charge on any atom is 0.0630 e. The van der Waals surface area contributed by atoms with Crippen LogP contribution in [0.1, 0.15) is 27.2 Å². The lowest BCUT2D eigenvalue weighted by molar-refractivity contribution is 1.24. The molecule has 0 N–H and O–H groups in total. The molecule has 1 nitrogen and oxygen atoms in total. The van der Waals surface area contributed by atoms with E-state index in [2.05, 4.69) is 12.6 Å².